The van der Waals surface area contributed by atoms with Crippen LogP contribution in [0.1, 0.15) is 5.56 Å². The minimum atomic E-state index is -0.491. The van der Waals surface area contributed by atoms with E-state index in [0.717, 1.165) is 6.07 Å². The average Bonchev–Trinajstić information content (AvgIpc) is 2.28. The number of rotatable bonds is 1. The lowest BCUT2D eigenvalue weighted by molar-refractivity contribution is 0.628. The molecule has 4 heteroatoms. The molecular formula is C13H6Cl2FN. The normalized spacial score (nSPS) is 10.0. The molecule has 0 N–H and O–H groups in total. The maximum atomic E-state index is 13.3. The Hall–Kier alpha value is -1.56. The molecule has 0 unspecified atom stereocenters. The van der Waals surface area contributed by atoms with Gasteiger partial charge < -0.3 is 0 Å². The van der Waals surface area contributed by atoms with E-state index in [2.05, 4.69) is 0 Å². The zero-order valence-electron chi connectivity index (χ0n) is 8.55. The van der Waals surface area contributed by atoms with Crippen LogP contribution in [-0.2, 0) is 0 Å². The first kappa shape index (κ1) is 11.9. The molecule has 0 aliphatic heterocycles. The molecule has 0 saturated heterocycles. The van der Waals surface area contributed by atoms with Crippen LogP contribution in [0.25, 0.3) is 11.1 Å². The second kappa shape index (κ2) is 4.75. The molecule has 0 spiro atoms. The summed E-state index contributed by atoms with van der Waals surface area (Å²) in [7, 11) is 0. The molecule has 0 aromatic heterocycles. The van der Waals surface area contributed by atoms with Crippen LogP contribution in [0, 0.1) is 17.1 Å². The zero-order valence-corrected chi connectivity index (χ0v) is 10.1. The van der Waals surface area contributed by atoms with Crippen molar-refractivity contribution in [3.05, 3.63) is 57.8 Å². The first-order valence-corrected chi connectivity index (χ1v) is 5.52. The van der Waals surface area contributed by atoms with E-state index in [1.807, 2.05) is 6.07 Å². The van der Waals surface area contributed by atoms with E-state index in [9.17, 15) is 4.39 Å². The lowest BCUT2D eigenvalue weighted by atomic mass is 10.0. The molecule has 1 nitrogen and oxygen atoms in total. The van der Waals surface area contributed by atoms with Crippen LogP contribution in [0.5, 0.6) is 0 Å². The number of hydrogen-bond acceptors (Lipinski definition) is 1. The van der Waals surface area contributed by atoms with Crippen LogP contribution < -0.4 is 0 Å². The topological polar surface area (TPSA) is 23.8 Å². The van der Waals surface area contributed by atoms with Gasteiger partial charge in [-0.15, -0.1) is 0 Å². The monoisotopic (exact) mass is 265 g/mol. The van der Waals surface area contributed by atoms with Gasteiger partial charge in [-0.05, 0) is 35.9 Å². The third-order valence-corrected chi connectivity index (χ3v) is 2.91. The Morgan fingerprint density at radius 1 is 1.06 bits per heavy atom. The SMILES string of the molecule is N#Cc1cc(F)cc(-c2c(Cl)cccc2Cl)c1. The highest BCUT2D eigenvalue weighted by atomic mass is 35.5. The Bertz CT molecular complexity index is 597. The van der Waals surface area contributed by atoms with E-state index in [1.165, 1.54) is 6.07 Å². The number of nitrogens with zero attached hydrogens (tertiary/aromatic N) is 1. The molecular weight excluding hydrogens is 260 g/mol. The summed E-state index contributed by atoms with van der Waals surface area (Å²) in [5, 5.41) is 9.64. The molecule has 2 rings (SSSR count). The molecule has 0 saturated carbocycles. The standard InChI is InChI=1S/C13H6Cl2FN/c14-11-2-1-3-12(15)13(11)9-4-8(7-17)5-10(16)6-9/h1-6H. The van der Waals surface area contributed by atoms with Crippen LogP contribution in [0.2, 0.25) is 10.0 Å². The molecule has 0 aliphatic rings. The van der Waals surface area contributed by atoms with Gasteiger partial charge in [0.15, 0.2) is 0 Å². The van der Waals surface area contributed by atoms with Crippen LogP contribution in [0.15, 0.2) is 36.4 Å². The number of nitriles is 1. The van der Waals surface area contributed by atoms with Crippen LogP contribution in [0.4, 0.5) is 4.39 Å². The maximum Gasteiger partial charge on any atom is 0.125 e. The third-order valence-electron chi connectivity index (χ3n) is 2.28. The summed E-state index contributed by atoms with van der Waals surface area (Å²) in [6.07, 6.45) is 0. The summed E-state index contributed by atoms with van der Waals surface area (Å²) in [6, 6.07) is 10.9. The number of halogens is 3. The highest BCUT2D eigenvalue weighted by molar-refractivity contribution is 6.39. The lowest BCUT2D eigenvalue weighted by Gasteiger charge is -2.07. The fourth-order valence-corrected chi connectivity index (χ4v) is 2.19. The van der Waals surface area contributed by atoms with Gasteiger partial charge in [-0.1, -0.05) is 29.3 Å². The van der Waals surface area contributed by atoms with Crippen LogP contribution in [0.3, 0.4) is 0 Å². The largest absolute Gasteiger partial charge is 0.207 e. The average molecular weight is 266 g/mol. The zero-order chi connectivity index (χ0) is 12.4. The summed E-state index contributed by atoms with van der Waals surface area (Å²) >= 11 is 12.0. The van der Waals surface area contributed by atoms with Gasteiger partial charge in [-0.3, -0.25) is 0 Å². The van der Waals surface area contributed by atoms with E-state index in [0.29, 0.717) is 21.2 Å². The second-order valence-corrected chi connectivity index (χ2v) is 4.25. The quantitative estimate of drug-likeness (QED) is 0.735. The van der Waals surface area contributed by atoms with E-state index in [4.69, 9.17) is 28.5 Å². The van der Waals surface area contributed by atoms with Crippen molar-refractivity contribution in [2.45, 2.75) is 0 Å². The van der Waals surface area contributed by atoms with Gasteiger partial charge in [0.2, 0.25) is 0 Å². The van der Waals surface area contributed by atoms with Gasteiger partial charge in [0.05, 0.1) is 11.6 Å². The summed E-state index contributed by atoms with van der Waals surface area (Å²) < 4.78 is 13.3. The highest BCUT2D eigenvalue weighted by Crippen LogP contribution is 2.35. The number of benzene rings is 2. The van der Waals surface area contributed by atoms with Gasteiger partial charge in [-0.2, -0.15) is 5.26 Å². The summed E-state index contributed by atoms with van der Waals surface area (Å²) in [6.45, 7) is 0. The molecule has 0 atom stereocenters. The van der Waals surface area contributed by atoms with Crippen molar-refractivity contribution in [1.82, 2.24) is 0 Å². The van der Waals surface area contributed by atoms with Crippen molar-refractivity contribution < 1.29 is 4.39 Å². The molecule has 0 radical (unpaired) electrons. The summed E-state index contributed by atoms with van der Waals surface area (Å²) in [5.74, 6) is -0.491. The van der Waals surface area contributed by atoms with Gasteiger partial charge in [-0.25, -0.2) is 4.39 Å². The molecule has 0 aliphatic carbocycles. The summed E-state index contributed by atoms with van der Waals surface area (Å²) in [4.78, 5) is 0. The molecule has 0 fully saturated rings. The van der Waals surface area contributed by atoms with Crippen LogP contribution in [-0.4, -0.2) is 0 Å². The van der Waals surface area contributed by atoms with E-state index >= 15 is 0 Å². The third kappa shape index (κ3) is 2.41. The van der Waals surface area contributed by atoms with E-state index < -0.39 is 5.82 Å². The molecule has 84 valence electrons. The van der Waals surface area contributed by atoms with Crippen molar-refractivity contribution in [3.63, 3.8) is 0 Å². The Morgan fingerprint density at radius 2 is 1.71 bits per heavy atom. The smallest absolute Gasteiger partial charge is 0.125 e. The second-order valence-electron chi connectivity index (χ2n) is 3.44. The van der Waals surface area contributed by atoms with Gasteiger partial charge in [0, 0.05) is 15.6 Å². The molecule has 0 bridgehead atoms. The summed E-state index contributed by atoms with van der Waals surface area (Å²) in [5.41, 5.74) is 1.26. The molecule has 0 amide bonds. The fourth-order valence-electron chi connectivity index (χ4n) is 1.57. The van der Waals surface area contributed by atoms with E-state index in [-0.39, 0.29) is 5.56 Å². The lowest BCUT2D eigenvalue weighted by Crippen LogP contribution is -1.86. The molecule has 2 aromatic carbocycles. The first-order valence-electron chi connectivity index (χ1n) is 4.77. The van der Waals surface area contributed by atoms with E-state index in [1.54, 1.807) is 24.3 Å². The first-order chi connectivity index (χ1) is 8.11. The Labute approximate surface area is 108 Å². The maximum absolute atomic E-state index is 13.3. The minimum absolute atomic E-state index is 0.232. The van der Waals surface area contributed by atoms with Gasteiger partial charge in [0.1, 0.15) is 5.82 Å². The van der Waals surface area contributed by atoms with Crippen molar-refractivity contribution >= 4 is 23.2 Å². The molecule has 2 aromatic rings. The molecule has 17 heavy (non-hydrogen) atoms. The van der Waals surface area contributed by atoms with Crippen molar-refractivity contribution in [1.29, 1.82) is 5.26 Å². The van der Waals surface area contributed by atoms with Crippen molar-refractivity contribution in [2.24, 2.45) is 0 Å². The predicted octanol–water partition coefficient (Wildman–Crippen LogP) is 4.67. The Morgan fingerprint density at radius 3 is 2.29 bits per heavy atom. The van der Waals surface area contributed by atoms with Crippen molar-refractivity contribution in [3.8, 4) is 17.2 Å². The fraction of sp³-hybridized carbons (Fsp3) is 0. The van der Waals surface area contributed by atoms with Gasteiger partial charge in [0.25, 0.3) is 0 Å². The molecule has 0 heterocycles. The Balaban J connectivity index is 2.69. The Kier molecular flexibility index (Phi) is 3.33. The number of hydrogen-bond donors (Lipinski definition) is 0. The highest BCUT2D eigenvalue weighted by Gasteiger charge is 2.10. The van der Waals surface area contributed by atoms with Crippen molar-refractivity contribution in [2.75, 3.05) is 0 Å². The van der Waals surface area contributed by atoms with Crippen LogP contribution >= 0.6 is 23.2 Å². The van der Waals surface area contributed by atoms with Gasteiger partial charge >= 0.3 is 0 Å². The minimum Gasteiger partial charge on any atom is -0.207 e. The predicted molar refractivity (Wildman–Crippen MR) is 66.6 cm³/mol.